The van der Waals surface area contributed by atoms with Gasteiger partial charge in [-0.1, -0.05) is 17.7 Å². The second-order valence-electron chi connectivity index (χ2n) is 8.85. The van der Waals surface area contributed by atoms with Crippen LogP contribution in [-0.2, 0) is 6.54 Å². The standard InChI is InChI=1S/C26H22ClN3O3S2/c1-12-20(34-13(2)28-12)11-30-24(16-7-6-15(33-3)10-18(16)14-4-5-14)29-25-21(26(30)32)17-8-9-19(27)22(31)23(17)35-25/h6-10,14,31H,4-5,11H2,1-3H3. The molecule has 0 spiro atoms. The van der Waals surface area contributed by atoms with Crippen molar-refractivity contribution in [2.45, 2.75) is 39.2 Å². The van der Waals surface area contributed by atoms with Crippen LogP contribution in [0.25, 0.3) is 31.7 Å². The molecule has 6 rings (SSSR count). The van der Waals surface area contributed by atoms with E-state index in [1.54, 1.807) is 35.1 Å². The summed E-state index contributed by atoms with van der Waals surface area (Å²) in [5.74, 6) is 1.83. The molecule has 0 amide bonds. The highest BCUT2D eigenvalue weighted by atomic mass is 35.5. The van der Waals surface area contributed by atoms with Gasteiger partial charge in [0.2, 0.25) is 0 Å². The number of nitrogens with zero attached hydrogens (tertiary/aromatic N) is 3. The Hall–Kier alpha value is -2.94. The molecule has 1 aliphatic carbocycles. The fraction of sp³-hybridized carbons (Fsp3) is 0.269. The summed E-state index contributed by atoms with van der Waals surface area (Å²) >= 11 is 9.05. The molecule has 1 N–H and O–H groups in total. The van der Waals surface area contributed by atoms with Crippen molar-refractivity contribution < 1.29 is 9.84 Å². The largest absolute Gasteiger partial charge is 0.505 e. The molecule has 5 aromatic rings. The number of rotatable bonds is 5. The quantitative estimate of drug-likeness (QED) is 0.279. The number of fused-ring (bicyclic) bond motifs is 3. The molecule has 0 bridgehead atoms. The van der Waals surface area contributed by atoms with Gasteiger partial charge in [-0.2, -0.15) is 0 Å². The monoisotopic (exact) mass is 523 g/mol. The Morgan fingerprint density at radius 2 is 1.97 bits per heavy atom. The molecule has 9 heteroatoms. The number of aromatic hydroxyl groups is 1. The van der Waals surface area contributed by atoms with Crippen molar-refractivity contribution in [3.63, 3.8) is 0 Å². The Bertz CT molecular complexity index is 1700. The number of ether oxygens (including phenoxy) is 1. The van der Waals surface area contributed by atoms with E-state index < -0.39 is 0 Å². The van der Waals surface area contributed by atoms with Gasteiger partial charge < -0.3 is 9.84 Å². The fourth-order valence-corrected chi connectivity index (χ4v) is 6.85. The zero-order valence-electron chi connectivity index (χ0n) is 19.4. The summed E-state index contributed by atoms with van der Waals surface area (Å²) in [6.45, 7) is 4.32. The van der Waals surface area contributed by atoms with E-state index in [1.165, 1.54) is 11.3 Å². The van der Waals surface area contributed by atoms with E-state index in [0.29, 0.717) is 38.6 Å². The Kier molecular flexibility index (Phi) is 5.36. The van der Waals surface area contributed by atoms with Crippen LogP contribution in [0.2, 0.25) is 5.02 Å². The number of halogens is 1. The second kappa shape index (κ2) is 8.33. The molecular weight excluding hydrogens is 502 g/mol. The summed E-state index contributed by atoms with van der Waals surface area (Å²) in [4.78, 5) is 25.3. The van der Waals surface area contributed by atoms with Crippen molar-refractivity contribution in [3.8, 4) is 22.9 Å². The zero-order valence-corrected chi connectivity index (χ0v) is 21.8. The number of thiazole rings is 1. The van der Waals surface area contributed by atoms with Crippen LogP contribution in [-0.4, -0.2) is 26.8 Å². The second-order valence-corrected chi connectivity index (χ2v) is 11.5. The molecular formula is C26H22ClN3O3S2. The normalized spacial score (nSPS) is 13.7. The number of aryl methyl sites for hydroxylation is 2. The van der Waals surface area contributed by atoms with Crippen LogP contribution in [0, 0.1) is 13.8 Å². The van der Waals surface area contributed by atoms with Crippen molar-refractivity contribution in [2.75, 3.05) is 7.11 Å². The van der Waals surface area contributed by atoms with Gasteiger partial charge in [0.25, 0.3) is 5.56 Å². The first kappa shape index (κ1) is 22.5. The Morgan fingerprint density at radius 3 is 2.66 bits per heavy atom. The van der Waals surface area contributed by atoms with Crippen molar-refractivity contribution in [1.82, 2.24) is 14.5 Å². The molecule has 3 heterocycles. The molecule has 6 nitrogen and oxygen atoms in total. The first-order chi connectivity index (χ1) is 16.9. The van der Waals surface area contributed by atoms with Gasteiger partial charge in [0.05, 0.1) is 39.5 Å². The van der Waals surface area contributed by atoms with Gasteiger partial charge in [-0.05, 0) is 62.4 Å². The smallest absolute Gasteiger partial charge is 0.263 e. The van der Waals surface area contributed by atoms with Crippen LogP contribution in [0.3, 0.4) is 0 Å². The summed E-state index contributed by atoms with van der Waals surface area (Å²) in [5.41, 5.74) is 2.86. The lowest BCUT2D eigenvalue weighted by Crippen LogP contribution is -2.24. The summed E-state index contributed by atoms with van der Waals surface area (Å²) in [6.07, 6.45) is 2.21. The van der Waals surface area contributed by atoms with Gasteiger partial charge in [0.1, 0.15) is 16.4 Å². The third-order valence-corrected chi connectivity index (χ3v) is 8.97. The predicted molar refractivity (Wildman–Crippen MR) is 143 cm³/mol. The van der Waals surface area contributed by atoms with Gasteiger partial charge in [0.15, 0.2) is 5.75 Å². The molecule has 3 aromatic heterocycles. The topological polar surface area (TPSA) is 77.2 Å². The van der Waals surface area contributed by atoms with E-state index in [9.17, 15) is 9.90 Å². The highest BCUT2D eigenvalue weighted by molar-refractivity contribution is 7.25. The number of methoxy groups -OCH3 is 1. The number of aromatic nitrogens is 3. The Morgan fingerprint density at radius 1 is 1.17 bits per heavy atom. The molecule has 2 aromatic carbocycles. The van der Waals surface area contributed by atoms with Crippen molar-refractivity contribution >= 4 is 54.6 Å². The van der Waals surface area contributed by atoms with E-state index in [1.807, 2.05) is 26.0 Å². The molecule has 0 aliphatic heterocycles. The third-order valence-electron chi connectivity index (χ3n) is 6.50. The van der Waals surface area contributed by atoms with Gasteiger partial charge in [0, 0.05) is 15.8 Å². The molecule has 35 heavy (non-hydrogen) atoms. The van der Waals surface area contributed by atoms with Crippen LogP contribution in [0.4, 0.5) is 0 Å². The predicted octanol–water partition coefficient (Wildman–Crippen LogP) is 6.64. The molecule has 0 radical (unpaired) electrons. The lowest BCUT2D eigenvalue weighted by Gasteiger charge is -2.16. The summed E-state index contributed by atoms with van der Waals surface area (Å²) in [5, 5.41) is 13.0. The fourth-order valence-electron chi connectivity index (χ4n) is 4.60. The first-order valence-corrected chi connectivity index (χ1v) is 13.3. The summed E-state index contributed by atoms with van der Waals surface area (Å²) in [6, 6.07) is 9.39. The maximum atomic E-state index is 14.1. The van der Waals surface area contributed by atoms with Crippen molar-refractivity contribution in [2.24, 2.45) is 0 Å². The Balaban J connectivity index is 1.68. The molecule has 1 fully saturated rings. The van der Waals surface area contributed by atoms with Crippen LogP contribution in [0.1, 0.15) is 39.9 Å². The number of hydrogen-bond donors (Lipinski definition) is 1. The molecule has 0 atom stereocenters. The van der Waals surface area contributed by atoms with Gasteiger partial charge >= 0.3 is 0 Å². The van der Waals surface area contributed by atoms with E-state index in [-0.39, 0.29) is 16.3 Å². The first-order valence-electron chi connectivity index (χ1n) is 11.3. The van der Waals surface area contributed by atoms with Crippen molar-refractivity contribution in [1.29, 1.82) is 0 Å². The maximum Gasteiger partial charge on any atom is 0.263 e. The van der Waals surface area contributed by atoms with Gasteiger partial charge in [-0.25, -0.2) is 9.97 Å². The van der Waals surface area contributed by atoms with E-state index in [4.69, 9.17) is 21.3 Å². The van der Waals surface area contributed by atoms with E-state index in [2.05, 4.69) is 11.1 Å². The molecule has 1 saturated carbocycles. The minimum absolute atomic E-state index is 0.0169. The van der Waals surface area contributed by atoms with Crippen molar-refractivity contribution in [3.05, 3.63) is 66.9 Å². The Labute approximate surface area is 214 Å². The minimum Gasteiger partial charge on any atom is -0.505 e. The number of thiophene rings is 1. The minimum atomic E-state index is -0.138. The average molecular weight is 524 g/mol. The molecule has 1 aliphatic rings. The third kappa shape index (κ3) is 3.71. The van der Waals surface area contributed by atoms with Crippen LogP contribution in [0.15, 0.2) is 35.1 Å². The lowest BCUT2D eigenvalue weighted by molar-refractivity contribution is 0.414. The lowest BCUT2D eigenvalue weighted by atomic mass is 10.0. The number of benzene rings is 2. The number of hydrogen-bond acceptors (Lipinski definition) is 7. The average Bonchev–Trinajstić information content (AvgIpc) is 3.55. The molecule has 0 saturated heterocycles. The van der Waals surface area contributed by atoms with Crippen LogP contribution < -0.4 is 10.3 Å². The molecule has 178 valence electrons. The molecule has 0 unspecified atom stereocenters. The van der Waals surface area contributed by atoms with Gasteiger partial charge in [-0.15, -0.1) is 22.7 Å². The SMILES string of the molecule is COc1ccc(-c2nc3sc4c(O)c(Cl)ccc4c3c(=O)n2Cc2sc(C)nc2C)c(C2CC2)c1. The summed E-state index contributed by atoms with van der Waals surface area (Å²) in [7, 11) is 1.66. The summed E-state index contributed by atoms with van der Waals surface area (Å²) < 4.78 is 7.82. The highest BCUT2D eigenvalue weighted by Gasteiger charge is 2.29. The number of phenolic OH excluding ortho intramolecular Hbond substituents is 1. The van der Waals surface area contributed by atoms with E-state index in [0.717, 1.165) is 45.3 Å². The zero-order chi connectivity index (χ0) is 24.4. The van der Waals surface area contributed by atoms with Crippen LogP contribution >= 0.6 is 34.3 Å². The maximum absolute atomic E-state index is 14.1. The number of phenols is 1. The van der Waals surface area contributed by atoms with E-state index >= 15 is 0 Å². The van der Waals surface area contributed by atoms with Crippen LogP contribution in [0.5, 0.6) is 11.5 Å². The van der Waals surface area contributed by atoms with Gasteiger partial charge in [-0.3, -0.25) is 9.36 Å². The highest BCUT2D eigenvalue weighted by Crippen LogP contribution is 2.46.